The van der Waals surface area contributed by atoms with Crippen molar-refractivity contribution in [1.82, 2.24) is 0 Å². The quantitative estimate of drug-likeness (QED) is 0.0197. The Bertz CT molecular complexity index is 1580. The molecule has 0 amide bonds. The summed E-state index contributed by atoms with van der Waals surface area (Å²) < 4.78 is 39.3. The van der Waals surface area contributed by atoms with Crippen molar-refractivity contribution in [1.29, 1.82) is 0 Å². The Kier molecular flexibility index (Phi) is 51.0. The highest BCUT2D eigenvalue weighted by Crippen LogP contribution is 2.43. The zero-order valence-electron chi connectivity index (χ0n) is 45.4. The van der Waals surface area contributed by atoms with Crippen molar-refractivity contribution in [2.45, 2.75) is 238 Å². The van der Waals surface area contributed by atoms with E-state index in [1.807, 2.05) is 18.2 Å². The minimum atomic E-state index is -4.78. The van der Waals surface area contributed by atoms with E-state index >= 15 is 0 Å². The Labute approximate surface area is 438 Å². The standard InChI is InChI=1S/C60H101O11P/c1-4-7-10-13-16-19-22-25-28-31-34-37-40-43-46-49-58(62)67-53-57(71-60(64)51-48-45-42-39-36-33-30-27-24-21-18-15-12-9-6-3)55-69-72(65,66)68-54-56(52-61)70-59(63)50-47-44-41-38-35-32-29-26-23-20-17-14-11-8-5-2/h9,12,16,18-19,21,25-30,36,39,45,48,56-57,61H,4-8,10-11,13-15,17,20,22-24,31-35,37-38,40-44,46-47,49-55H2,1-3H3,(H,65,66)/b12-9-,19-16-,21-18-,28-25-,29-26-,30-27-,39-36-,48-45-. The lowest BCUT2D eigenvalue weighted by molar-refractivity contribution is -0.160. The predicted octanol–water partition coefficient (Wildman–Crippen LogP) is 16.5. The second-order valence-corrected chi connectivity index (χ2v) is 19.8. The number of rotatable bonds is 51. The number of esters is 3. The topological polar surface area (TPSA) is 155 Å². The van der Waals surface area contributed by atoms with Crippen LogP contribution in [0.4, 0.5) is 0 Å². The zero-order chi connectivity index (χ0) is 52.7. The molecule has 0 bridgehead atoms. The Morgan fingerprint density at radius 2 is 0.778 bits per heavy atom. The summed E-state index contributed by atoms with van der Waals surface area (Å²) in [5.74, 6) is -1.65. The summed E-state index contributed by atoms with van der Waals surface area (Å²) in [6, 6.07) is 0. The summed E-state index contributed by atoms with van der Waals surface area (Å²) in [6.45, 7) is 4.35. The van der Waals surface area contributed by atoms with Crippen molar-refractivity contribution in [2.75, 3.05) is 26.4 Å². The molecule has 0 fully saturated rings. The molecule has 0 aliphatic heterocycles. The van der Waals surface area contributed by atoms with E-state index in [4.69, 9.17) is 23.3 Å². The van der Waals surface area contributed by atoms with E-state index < -0.39 is 57.8 Å². The first-order valence-electron chi connectivity index (χ1n) is 28.1. The number of carbonyl (C=O) groups excluding carboxylic acids is 3. The van der Waals surface area contributed by atoms with Gasteiger partial charge in [-0.15, -0.1) is 0 Å². The Balaban J connectivity index is 4.86. The molecule has 3 atom stereocenters. The largest absolute Gasteiger partial charge is 0.472 e. The first-order chi connectivity index (χ1) is 35.2. The van der Waals surface area contributed by atoms with Gasteiger partial charge in [-0.3, -0.25) is 23.4 Å². The highest BCUT2D eigenvalue weighted by Gasteiger charge is 2.28. The molecule has 0 aromatic carbocycles. The third-order valence-corrected chi connectivity index (χ3v) is 12.4. The smallest absolute Gasteiger partial charge is 0.462 e. The van der Waals surface area contributed by atoms with Gasteiger partial charge in [-0.1, -0.05) is 201 Å². The SMILES string of the molecule is CC/C=C\C/C=C\C/C=C\C/C=C\C/C=C\CC(=O)OC(COC(=O)CCCCCCC/C=C\C/C=C\CCCCC)COP(=O)(O)OCC(CO)OC(=O)CCCCCCC/C=C\CCCCCCCC. The normalized spacial score (nSPS) is 14.1. The second-order valence-electron chi connectivity index (χ2n) is 18.4. The van der Waals surface area contributed by atoms with Crippen LogP contribution in [0.3, 0.4) is 0 Å². The summed E-state index contributed by atoms with van der Waals surface area (Å²) in [7, 11) is -4.78. The number of hydrogen-bond donors (Lipinski definition) is 2. The number of aliphatic hydroxyl groups excluding tert-OH is 1. The van der Waals surface area contributed by atoms with Crippen LogP contribution in [0.15, 0.2) is 97.2 Å². The fraction of sp³-hybridized carbons (Fsp3) is 0.683. The third-order valence-electron chi connectivity index (χ3n) is 11.5. The number of phosphoric acid groups is 1. The number of aliphatic hydroxyl groups is 1. The number of hydrogen-bond acceptors (Lipinski definition) is 10. The molecule has 0 saturated carbocycles. The summed E-state index contributed by atoms with van der Waals surface area (Å²) >= 11 is 0. The molecule has 0 rings (SSSR count). The summed E-state index contributed by atoms with van der Waals surface area (Å²) in [6.07, 6.45) is 62.5. The highest BCUT2D eigenvalue weighted by atomic mass is 31.2. The molecule has 0 radical (unpaired) electrons. The predicted molar refractivity (Wildman–Crippen MR) is 297 cm³/mol. The maximum atomic E-state index is 12.9. The molecule has 0 aliphatic rings. The van der Waals surface area contributed by atoms with Gasteiger partial charge in [0.15, 0.2) is 6.10 Å². The van der Waals surface area contributed by atoms with Crippen LogP contribution in [-0.2, 0) is 42.2 Å². The van der Waals surface area contributed by atoms with Gasteiger partial charge in [0.1, 0.15) is 12.7 Å². The van der Waals surface area contributed by atoms with E-state index in [-0.39, 0.29) is 25.9 Å². The lowest BCUT2D eigenvalue weighted by Crippen LogP contribution is -2.30. The van der Waals surface area contributed by atoms with Crippen molar-refractivity contribution >= 4 is 25.7 Å². The van der Waals surface area contributed by atoms with Crippen molar-refractivity contribution in [3.05, 3.63) is 97.2 Å². The summed E-state index contributed by atoms with van der Waals surface area (Å²) in [5.41, 5.74) is 0. The highest BCUT2D eigenvalue weighted by molar-refractivity contribution is 7.47. The van der Waals surface area contributed by atoms with Crippen LogP contribution in [-0.4, -0.2) is 66.5 Å². The molecule has 3 unspecified atom stereocenters. The van der Waals surface area contributed by atoms with Gasteiger partial charge in [-0.05, 0) is 103 Å². The minimum Gasteiger partial charge on any atom is -0.462 e. The maximum Gasteiger partial charge on any atom is 0.472 e. The van der Waals surface area contributed by atoms with Gasteiger partial charge in [0.05, 0.1) is 26.2 Å². The number of ether oxygens (including phenoxy) is 3. The monoisotopic (exact) mass is 1030 g/mol. The van der Waals surface area contributed by atoms with Gasteiger partial charge in [-0.2, -0.15) is 0 Å². The number of allylic oxidation sites excluding steroid dienone is 15. The summed E-state index contributed by atoms with van der Waals surface area (Å²) in [5, 5.41) is 9.80. The van der Waals surface area contributed by atoms with Crippen LogP contribution >= 0.6 is 7.82 Å². The molecular formula is C60H101O11P. The van der Waals surface area contributed by atoms with E-state index in [1.165, 1.54) is 57.8 Å². The molecule has 0 spiro atoms. The maximum absolute atomic E-state index is 12.9. The van der Waals surface area contributed by atoms with E-state index in [0.717, 1.165) is 109 Å². The van der Waals surface area contributed by atoms with E-state index in [2.05, 4.69) is 93.7 Å². The molecule has 0 heterocycles. The molecule has 12 heteroatoms. The lowest BCUT2D eigenvalue weighted by atomic mass is 10.1. The Hall–Kier alpha value is -3.60. The van der Waals surface area contributed by atoms with Crippen LogP contribution in [0.5, 0.6) is 0 Å². The zero-order valence-corrected chi connectivity index (χ0v) is 46.3. The van der Waals surface area contributed by atoms with Gasteiger partial charge in [0.25, 0.3) is 0 Å². The van der Waals surface area contributed by atoms with Crippen LogP contribution in [0.1, 0.15) is 226 Å². The molecule has 412 valence electrons. The molecule has 11 nitrogen and oxygen atoms in total. The fourth-order valence-electron chi connectivity index (χ4n) is 7.22. The van der Waals surface area contributed by atoms with Crippen LogP contribution in [0.25, 0.3) is 0 Å². The molecule has 0 aromatic heterocycles. The number of unbranched alkanes of at least 4 members (excludes halogenated alkanes) is 19. The Morgan fingerprint density at radius 1 is 0.417 bits per heavy atom. The van der Waals surface area contributed by atoms with E-state index in [1.54, 1.807) is 6.08 Å². The number of carbonyl (C=O) groups is 3. The first-order valence-corrected chi connectivity index (χ1v) is 29.6. The van der Waals surface area contributed by atoms with Gasteiger partial charge in [0.2, 0.25) is 0 Å². The van der Waals surface area contributed by atoms with Crippen molar-refractivity contribution in [3.63, 3.8) is 0 Å². The number of phosphoric ester groups is 1. The third kappa shape index (κ3) is 51.3. The van der Waals surface area contributed by atoms with Crippen LogP contribution < -0.4 is 0 Å². The van der Waals surface area contributed by atoms with Gasteiger partial charge in [0, 0.05) is 12.8 Å². The molecule has 72 heavy (non-hydrogen) atoms. The molecular weight excluding hydrogens is 928 g/mol. The molecule has 0 aromatic rings. The van der Waals surface area contributed by atoms with E-state index in [9.17, 15) is 28.9 Å². The van der Waals surface area contributed by atoms with Gasteiger partial charge in [-0.25, -0.2) is 4.57 Å². The minimum absolute atomic E-state index is 0.0717. The lowest BCUT2D eigenvalue weighted by Gasteiger charge is -2.21. The van der Waals surface area contributed by atoms with Gasteiger partial charge >= 0.3 is 25.7 Å². The van der Waals surface area contributed by atoms with Crippen molar-refractivity contribution < 1.29 is 52.2 Å². The summed E-state index contributed by atoms with van der Waals surface area (Å²) in [4.78, 5) is 48.4. The average molecular weight is 1030 g/mol. The van der Waals surface area contributed by atoms with Crippen LogP contribution in [0.2, 0.25) is 0 Å². The fourth-order valence-corrected chi connectivity index (χ4v) is 8.00. The molecule has 0 saturated heterocycles. The first kappa shape index (κ1) is 68.4. The average Bonchev–Trinajstić information content (AvgIpc) is 3.37. The van der Waals surface area contributed by atoms with Crippen molar-refractivity contribution in [2.24, 2.45) is 0 Å². The second kappa shape index (κ2) is 53.7. The Morgan fingerprint density at radius 3 is 1.26 bits per heavy atom. The molecule has 0 aliphatic carbocycles. The van der Waals surface area contributed by atoms with Crippen molar-refractivity contribution in [3.8, 4) is 0 Å². The van der Waals surface area contributed by atoms with E-state index in [0.29, 0.717) is 19.3 Å². The van der Waals surface area contributed by atoms with Crippen LogP contribution in [0, 0.1) is 0 Å². The molecule has 2 N–H and O–H groups in total. The van der Waals surface area contributed by atoms with Gasteiger partial charge < -0.3 is 24.2 Å².